The summed E-state index contributed by atoms with van der Waals surface area (Å²) in [4.78, 5) is 17.7. The molecule has 6 nitrogen and oxygen atoms in total. The number of imidazole rings is 1. The van der Waals surface area contributed by atoms with Crippen LogP contribution in [0.2, 0.25) is 0 Å². The molecule has 0 bridgehead atoms. The molecule has 1 amide bonds. The van der Waals surface area contributed by atoms with E-state index in [0.717, 1.165) is 22.6 Å². The summed E-state index contributed by atoms with van der Waals surface area (Å²) in [7, 11) is 0. The highest BCUT2D eigenvalue weighted by atomic mass is 16.1. The van der Waals surface area contributed by atoms with Gasteiger partial charge in [0.15, 0.2) is 0 Å². The van der Waals surface area contributed by atoms with Gasteiger partial charge in [0.2, 0.25) is 0 Å². The van der Waals surface area contributed by atoms with Crippen LogP contribution >= 0.6 is 0 Å². The van der Waals surface area contributed by atoms with E-state index < -0.39 is 0 Å². The van der Waals surface area contributed by atoms with E-state index in [1.165, 1.54) is 50.6 Å². The van der Waals surface area contributed by atoms with Crippen molar-refractivity contribution >= 4 is 17.4 Å². The summed E-state index contributed by atoms with van der Waals surface area (Å²) < 4.78 is 2.13. The first-order valence-electron chi connectivity index (χ1n) is 11.6. The van der Waals surface area contributed by atoms with Gasteiger partial charge in [0.1, 0.15) is 11.5 Å². The molecule has 0 radical (unpaired) electrons. The number of rotatable bonds is 7. The first-order valence-corrected chi connectivity index (χ1v) is 11.6. The molecule has 0 atom stereocenters. The number of pyridine rings is 1. The molecule has 0 saturated heterocycles. The Bertz CT molecular complexity index is 1080. The second-order valence-electron chi connectivity index (χ2n) is 8.95. The topological polar surface area (TPSA) is 84.5 Å². The number of carbonyl (C=O) groups excluding carboxylic acids is 1. The van der Waals surface area contributed by atoms with Crippen molar-refractivity contribution in [2.75, 3.05) is 5.32 Å². The van der Waals surface area contributed by atoms with Crippen molar-refractivity contribution in [3.05, 3.63) is 65.0 Å². The van der Waals surface area contributed by atoms with Crippen LogP contribution in [0.5, 0.6) is 0 Å². The number of fused-ring (bicyclic) bond motifs is 1. The molecule has 31 heavy (non-hydrogen) atoms. The molecule has 2 fully saturated rings. The van der Waals surface area contributed by atoms with Crippen molar-refractivity contribution in [1.82, 2.24) is 14.7 Å². The summed E-state index contributed by atoms with van der Waals surface area (Å²) >= 11 is 0. The Hall–Kier alpha value is -2.86. The number of nitrogens with one attached hydrogen (secondary N) is 2. The summed E-state index contributed by atoms with van der Waals surface area (Å²) in [6, 6.07) is 12.3. The Balaban J connectivity index is 1.35. The van der Waals surface area contributed by atoms with E-state index in [0.29, 0.717) is 30.6 Å². The maximum Gasteiger partial charge on any atom is 0.251 e. The highest BCUT2D eigenvalue weighted by molar-refractivity contribution is 5.95. The SMILES string of the molecule is NCc1cccc(CNC(=O)c2ccn3c(NC4CCCCC4)c(C4CC4)nc3c2)c1. The maximum absolute atomic E-state index is 12.8. The number of aromatic nitrogens is 2. The molecule has 2 saturated carbocycles. The average Bonchev–Trinajstić information content (AvgIpc) is 3.60. The number of hydrogen-bond donors (Lipinski definition) is 3. The van der Waals surface area contributed by atoms with E-state index >= 15 is 0 Å². The molecule has 2 aromatic heterocycles. The molecule has 2 aliphatic rings. The van der Waals surface area contributed by atoms with E-state index in [4.69, 9.17) is 10.7 Å². The number of anilines is 1. The minimum Gasteiger partial charge on any atom is -0.367 e. The quantitative estimate of drug-likeness (QED) is 0.534. The fraction of sp³-hybridized carbons (Fsp3) is 0.440. The van der Waals surface area contributed by atoms with Crippen LogP contribution in [0.4, 0.5) is 5.82 Å². The lowest BCUT2D eigenvalue weighted by Gasteiger charge is -2.24. The van der Waals surface area contributed by atoms with Gasteiger partial charge < -0.3 is 16.4 Å². The Morgan fingerprint density at radius 2 is 1.87 bits per heavy atom. The lowest BCUT2D eigenvalue weighted by Crippen LogP contribution is -2.24. The molecule has 6 heteroatoms. The zero-order chi connectivity index (χ0) is 21.2. The van der Waals surface area contributed by atoms with Gasteiger partial charge in [0, 0.05) is 36.8 Å². The van der Waals surface area contributed by atoms with E-state index in [9.17, 15) is 4.79 Å². The van der Waals surface area contributed by atoms with Crippen LogP contribution in [0.15, 0.2) is 42.6 Å². The smallest absolute Gasteiger partial charge is 0.251 e. The first kappa shape index (κ1) is 20.1. The second-order valence-corrected chi connectivity index (χ2v) is 8.95. The summed E-state index contributed by atoms with van der Waals surface area (Å²) in [6.45, 7) is 0.979. The van der Waals surface area contributed by atoms with Crippen LogP contribution in [-0.4, -0.2) is 21.3 Å². The third-order valence-corrected chi connectivity index (χ3v) is 6.51. The zero-order valence-corrected chi connectivity index (χ0v) is 17.9. The van der Waals surface area contributed by atoms with Gasteiger partial charge >= 0.3 is 0 Å². The third kappa shape index (κ3) is 4.44. The minimum absolute atomic E-state index is 0.0848. The molecule has 162 valence electrons. The summed E-state index contributed by atoms with van der Waals surface area (Å²) in [5, 5.41) is 6.81. The van der Waals surface area contributed by atoms with Crippen molar-refractivity contribution in [2.45, 2.75) is 70.0 Å². The Morgan fingerprint density at radius 1 is 1.06 bits per heavy atom. The van der Waals surface area contributed by atoms with Crippen molar-refractivity contribution in [3.63, 3.8) is 0 Å². The van der Waals surface area contributed by atoms with Crippen LogP contribution in [0.1, 0.15) is 78.0 Å². The zero-order valence-electron chi connectivity index (χ0n) is 17.9. The molecule has 1 aromatic carbocycles. The Kier molecular flexibility index (Phi) is 5.64. The van der Waals surface area contributed by atoms with Crippen molar-refractivity contribution in [3.8, 4) is 0 Å². The number of nitrogens with zero attached hydrogens (tertiary/aromatic N) is 2. The second kappa shape index (κ2) is 8.71. The third-order valence-electron chi connectivity index (χ3n) is 6.51. The van der Waals surface area contributed by atoms with Gasteiger partial charge in [-0.15, -0.1) is 0 Å². The Morgan fingerprint density at radius 3 is 2.65 bits per heavy atom. The number of benzene rings is 1. The minimum atomic E-state index is -0.0848. The van der Waals surface area contributed by atoms with Crippen LogP contribution in [0.3, 0.4) is 0 Å². The normalized spacial score (nSPS) is 17.1. The molecule has 0 aliphatic heterocycles. The van der Waals surface area contributed by atoms with Crippen LogP contribution < -0.4 is 16.4 Å². The predicted octanol–water partition coefficient (Wildman–Crippen LogP) is 4.35. The molecular formula is C25H31N5O. The van der Waals surface area contributed by atoms with Gasteiger partial charge in [0.05, 0.1) is 5.69 Å². The number of hydrogen-bond acceptors (Lipinski definition) is 4. The monoisotopic (exact) mass is 417 g/mol. The largest absolute Gasteiger partial charge is 0.367 e. The van der Waals surface area contributed by atoms with E-state index in [1.807, 2.05) is 42.6 Å². The molecule has 0 unspecified atom stereocenters. The van der Waals surface area contributed by atoms with E-state index in [2.05, 4.69) is 15.0 Å². The highest BCUT2D eigenvalue weighted by Gasteiger charge is 2.31. The molecule has 0 spiro atoms. The molecule has 2 aliphatic carbocycles. The van der Waals surface area contributed by atoms with Crippen LogP contribution in [0, 0.1) is 0 Å². The summed E-state index contributed by atoms with van der Waals surface area (Å²) in [6.07, 6.45) is 10.8. The van der Waals surface area contributed by atoms with E-state index in [1.54, 1.807) is 0 Å². The molecular weight excluding hydrogens is 386 g/mol. The van der Waals surface area contributed by atoms with Gasteiger partial charge in [-0.2, -0.15) is 0 Å². The lowest BCUT2D eigenvalue weighted by molar-refractivity contribution is 0.0951. The number of nitrogens with two attached hydrogens (primary N) is 1. The fourth-order valence-corrected chi connectivity index (χ4v) is 4.58. The van der Waals surface area contributed by atoms with E-state index in [-0.39, 0.29) is 5.91 Å². The van der Waals surface area contributed by atoms with Gasteiger partial charge in [-0.25, -0.2) is 4.98 Å². The van der Waals surface area contributed by atoms with Gasteiger partial charge in [-0.3, -0.25) is 9.20 Å². The molecule has 4 N–H and O–H groups in total. The van der Waals surface area contributed by atoms with Gasteiger partial charge in [-0.1, -0.05) is 43.5 Å². The molecule has 3 aromatic rings. The van der Waals surface area contributed by atoms with Gasteiger partial charge in [0.25, 0.3) is 5.91 Å². The predicted molar refractivity (Wildman–Crippen MR) is 123 cm³/mol. The first-order chi connectivity index (χ1) is 15.2. The van der Waals surface area contributed by atoms with Gasteiger partial charge in [-0.05, 0) is 48.9 Å². The Labute approximate surface area is 183 Å². The fourth-order valence-electron chi connectivity index (χ4n) is 4.58. The standard InChI is InChI=1S/C25H31N5O/c26-15-17-5-4-6-18(13-17)16-27-25(31)20-11-12-30-22(14-20)29-23(19-9-10-19)24(30)28-21-7-2-1-3-8-21/h4-6,11-14,19,21,28H,1-3,7-10,15-16,26H2,(H,27,31). The summed E-state index contributed by atoms with van der Waals surface area (Å²) in [5.74, 6) is 1.60. The number of carbonyl (C=O) groups is 1. The van der Waals surface area contributed by atoms with Crippen molar-refractivity contribution in [2.24, 2.45) is 5.73 Å². The molecule has 5 rings (SSSR count). The molecule has 2 heterocycles. The highest BCUT2D eigenvalue weighted by Crippen LogP contribution is 2.43. The maximum atomic E-state index is 12.8. The van der Waals surface area contributed by atoms with Crippen molar-refractivity contribution < 1.29 is 4.79 Å². The number of amides is 1. The lowest BCUT2D eigenvalue weighted by atomic mass is 9.95. The van der Waals surface area contributed by atoms with Crippen LogP contribution in [0.25, 0.3) is 5.65 Å². The average molecular weight is 418 g/mol. The van der Waals surface area contributed by atoms with Crippen LogP contribution in [-0.2, 0) is 13.1 Å². The van der Waals surface area contributed by atoms with Crippen molar-refractivity contribution in [1.29, 1.82) is 0 Å². The summed E-state index contributed by atoms with van der Waals surface area (Å²) in [5.41, 5.74) is 10.5.